The highest BCUT2D eigenvalue weighted by Crippen LogP contribution is 2.30. The Bertz CT molecular complexity index is 597. The van der Waals surface area contributed by atoms with Crippen molar-refractivity contribution in [3.8, 4) is 0 Å². The number of alkyl halides is 1. The van der Waals surface area contributed by atoms with Gasteiger partial charge in [0.2, 0.25) is 0 Å². The maximum Gasteiger partial charge on any atom is 0.160 e. The first-order valence-corrected chi connectivity index (χ1v) is 8.08. The summed E-state index contributed by atoms with van der Waals surface area (Å²) in [5.74, 6) is 3.05. The summed E-state index contributed by atoms with van der Waals surface area (Å²) in [6.45, 7) is 5.42. The first-order chi connectivity index (χ1) is 9.67. The molecule has 108 valence electrons. The van der Waals surface area contributed by atoms with Crippen molar-refractivity contribution >= 4 is 22.8 Å². The second kappa shape index (κ2) is 5.72. The summed E-state index contributed by atoms with van der Waals surface area (Å²) in [4.78, 5) is 9.21. The van der Waals surface area contributed by atoms with Gasteiger partial charge < -0.3 is 4.57 Å². The first-order valence-electron chi connectivity index (χ1n) is 7.55. The van der Waals surface area contributed by atoms with E-state index in [1.54, 1.807) is 0 Å². The van der Waals surface area contributed by atoms with E-state index in [0.29, 0.717) is 5.88 Å². The van der Waals surface area contributed by atoms with E-state index in [1.807, 2.05) is 13.1 Å². The molecule has 4 heteroatoms. The molecule has 0 N–H and O–H groups in total. The van der Waals surface area contributed by atoms with Gasteiger partial charge >= 0.3 is 0 Å². The SMILES string of the molecule is Cc1cnc2c(c1)nc(CCl)n2CC1CCC(C)CC1. The van der Waals surface area contributed by atoms with Gasteiger partial charge in [-0.15, -0.1) is 11.6 Å². The fraction of sp³-hybridized carbons (Fsp3) is 0.625. The molecule has 0 radical (unpaired) electrons. The number of hydrogen-bond acceptors (Lipinski definition) is 2. The van der Waals surface area contributed by atoms with Gasteiger partial charge in [0.05, 0.1) is 5.88 Å². The van der Waals surface area contributed by atoms with E-state index < -0.39 is 0 Å². The van der Waals surface area contributed by atoms with Gasteiger partial charge in [-0.2, -0.15) is 0 Å². The number of halogens is 1. The molecular weight excluding hydrogens is 270 g/mol. The molecule has 3 rings (SSSR count). The van der Waals surface area contributed by atoms with Crippen LogP contribution < -0.4 is 0 Å². The average molecular weight is 292 g/mol. The number of aryl methyl sites for hydroxylation is 1. The highest BCUT2D eigenvalue weighted by atomic mass is 35.5. The Morgan fingerprint density at radius 2 is 2.05 bits per heavy atom. The summed E-state index contributed by atoms with van der Waals surface area (Å²) in [7, 11) is 0. The number of aromatic nitrogens is 3. The van der Waals surface area contributed by atoms with Gasteiger partial charge in [0.25, 0.3) is 0 Å². The number of hydrogen-bond donors (Lipinski definition) is 0. The van der Waals surface area contributed by atoms with Gasteiger partial charge in [-0.3, -0.25) is 0 Å². The van der Waals surface area contributed by atoms with E-state index in [2.05, 4.69) is 27.5 Å². The van der Waals surface area contributed by atoms with E-state index in [1.165, 1.54) is 25.7 Å². The lowest BCUT2D eigenvalue weighted by atomic mass is 9.83. The van der Waals surface area contributed by atoms with Gasteiger partial charge in [0, 0.05) is 12.7 Å². The number of rotatable bonds is 3. The van der Waals surface area contributed by atoms with Crippen LogP contribution in [0.4, 0.5) is 0 Å². The molecular formula is C16H22ClN3. The topological polar surface area (TPSA) is 30.7 Å². The second-order valence-electron chi connectivity index (χ2n) is 6.25. The van der Waals surface area contributed by atoms with Crippen molar-refractivity contribution in [2.24, 2.45) is 11.8 Å². The minimum atomic E-state index is 0.457. The second-order valence-corrected chi connectivity index (χ2v) is 6.52. The van der Waals surface area contributed by atoms with Crippen molar-refractivity contribution < 1.29 is 0 Å². The number of nitrogens with zero attached hydrogens (tertiary/aromatic N) is 3. The molecule has 2 heterocycles. The molecule has 2 aromatic rings. The Hall–Kier alpha value is -1.09. The smallest absolute Gasteiger partial charge is 0.160 e. The Kier molecular flexibility index (Phi) is 3.97. The van der Waals surface area contributed by atoms with E-state index in [9.17, 15) is 0 Å². The highest BCUT2D eigenvalue weighted by Gasteiger charge is 2.21. The van der Waals surface area contributed by atoms with Crippen LogP contribution in [-0.2, 0) is 12.4 Å². The molecule has 0 bridgehead atoms. The quantitative estimate of drug-likeness (QED) is 0.789. The lowest BCUT2D eigenvalue weighted by Crippen LogP contribution is -2.19. The van der Waals surface area contributed by atoms with Crippen molar-refractivity contribution in [3.63, 3.8) is 0 Å². The fourth-order valence-electron chi connectivity index (χ4n) is 3.22. The van der Waals surface area contributed by atoms with Crippen molar-refractivity contribution in [1.29, 1.82) is 0 Å². The number of imidazole rings is 1. The molecule has 2 aromatic heterocycles. The minimum Gasteiger partial charge on any atom is -0.311 e. The summed E-state index contributed by atoms with van der Waals surface area (Å²) in [6, 6.07) is 2.10. The molecule has 0 unspecified atom stereocenters. The predicted molar refractivity (Wildman–Crippen MR) is 82.9 cm³/mol. The van der Waals surface area contributed by atoms with Crippen molar-refractivity contribution in [3.05, 3.63) is 23.7 Å². The number of pyridine rings is 1. The first kappa shape index (κ1) is 13.9. The largest absolute Gasteiger partial charge is 0.311 e. The molecule has 0 aromatic carbocycles. The van der Waals surface area contributed by atoms with Crippen LogP contribution in [0.15, 0.2) is 12.3 Å². The summed E-state index contributed by atoms with van der Waals surface area (Å²) in [5.41, 5.74) is 3.12. The van der Waals surface area contributed by atoms with Crippen LogP contribution in [0.2, 0.25) is 0 Å². The Labute approximate surface area is 125 Å². The van der Waals surface area contributed by atoms with E-state index >= 15 is 0 Å². The molecule has 1 saturated carbocycles. The van der Waals surface area contributed by atoms with Crippen molar-refractivity contribution in [2.75, 3.05) is 0 Å². The van der Waals surface area contributed by atoms with Crippen LogP contribution in [0.25, 0.3) is 11.2 Å². The average Bonchev–Trinajstić information content (AvgIpc) is 2.78. The summed E-state index contributed by atoms with van der Waals surface area (Å²) >= 11 is 6.07. The zero-order chi connectivity index (χ0) is 14.1. The molecule has 0 amide bonds. The fourth-order valence-corrected chi connectivity index (χ4v) is 3.43. The Morgan fingerprint density at radius 1 is 1.30 bits per heavy atom. The summed E-state index contributed by atoms with van der Waals surface area (Å²) in [5, 5.41) is 0. The van der Waals surface area contributed by atoms with Crippen LogP contribution in [0.1, 0.15) is 44.0 Å². The van der Waals surface area contributed by atoms with Gasteiger partial charge in [-0.05, 0) is 43.2 Å². The molecule has 20 heavy (non-hydrogen) atoms. The third kappa shape index (κ3) is 2.69. The maximum atomic E-state index is 6.07. The molecule has 0 aliphatic heterocycles. The van der Waals surface area contributed by atoms with Crippen LogP contribution in [0.5, 0.6) is 0 Å². The van der Waals surface area contributed by atoms with Crippen LogP contribution in [0, 0.1) is 18.8 Å². The normalized spacial score (nSPS) is 23.4. The minimum absolute atomic E-state index is 0.457. The molecule has 1 aliphatic rings. The molecule has 1 aliphatic carbocycles. The third-order valence-corrected chi connectivity index (χ3v) is 4.74. The molecule has 0 saturated heterocycles. The molecule has 3 nitrogen and oxygen atoms in total. The molecule has 0 spiro atoms. The Balaban J connectivity index is 1.89. The zero-order valence-electron chi connectivity index (χ0n) is 12.3. The third-order valence-electron chi connectivity index (χ3n) is 4.50. The van der Waals surface area contributed by atoms with E-state index in [0.717, 1.165) is 40.9 Å². The van der Waals surface area contributed by atoms with Gasteiger partial charge in [0.1, 0.15) is 11.3 Å². The monoisotopic (exact) mass is 291 g/mol. The van der Waals surface area contributed by atoms with Gasteiger partial charge in [0.15, 0.2) is 5.65 Å². The predicted octanol–water partition coefficient (Wildman–Crippen LogP) is 4.30. The van der Waals surface area contributed by atoms with Crippen molar-refractivity contribution in [2.45, 2.75) is 52.0 Å². The lowest BCUT2D eigenvalue weighted by Gasteiger charge is -2.26. The van der Waals surface area contributed by atoms with E-state index in [4.69, 9.17) is 11.6 Å². The van der Waals surface area contributed by atoms with Crippen molar-refractivity contribution in [1.82, 2.24) is 14.5 Å². The molecule has 1 fully saturated rings. The zero-order valence-corrected chi connectivity index (χ0v) is 13.0. The van der Waals surface area contributed by atoms with E-state index in [-0.39, 0.29) is 0 Å². The summed E-state index contributed by atoms with van der Waals surface area (Å²) in [6.07, 6.45) is 7.24. The van der Waals surface area contributed by atoms with Crippen LogP contribution in [0.3, 0.4) is 0 Å². The lowest BCUT2D eigenvalue weighted by molar-refractivity contribution is 0.265. The highest BCUT2D eigenvalue weighted by molar-refractivity contribution is 6.16. The Morgan fingerprint density at radius 3 is 2.75 bits per heavy atom. The number of fused-ring (bicyclic) bond motifs is 1. The van der Waals surface area contributed by atoms with Gasteiger partial charge in [-0.25, -0.2) is 9.97 Å². The molecule has 0 atom stereocenters. The van der Waals surface area contributed by atoms with Crippen LogP contribution in [-0.4, -0.2) is 14.5 Å². The summed E-state index contributed by atoms with van der Waals surface area (Å²) < 4.78 is 2.24. The standard InChI is InChI=1S/C16H22ClN3/c1-11-3-5-13(6-4-11)10-20-15(8-17)19-14-7-12(2)9-18-16(14)20/h7,9,11,13H,3-6,8,10H2,1-2H3. The maximum absolute atomic E-state index is 6.07. The van der Waals surface area contributed by atoms with Gasteiger partial charge in [-0.1, -0.05) is 19.8 Å². The van der Waals surface area contributed by atoms with Crippen LogP contribution >= 0.6 is 11.6 Å².